The van der Waals surface area contributed by atoms with Crippen molar-refractivity contribution in [2.24, 2.45) is 11.7 Å². The van der Waals surface area contributed by atoms with Crippen molar-refractivity contribution in [2.75, 3.05) is 19.6 Å². The van der Waals surface area contributed by atoms with Crippen LogP contribution in [0.3, 0.4) is 0 Å². The summed E-state index contributed by atoms with van der Waals surface area (Å²) in [7, 11) is 0. The Morgan fingerprint density at radius 1 is 1.20 bits per heavy atom. The fourth-order valence-electron chi connectivity index (χ4n) is 2.75. The van der Waals surface area contributed by atoms with Gasteiger partial charge < -0.3 is 5.73 Å². The van der Waals surface area contributed by atoms with Crippen molar-refractivity contribution in [1.82, 2.24) is 4.90 Å². The largest absolute Gasteiger partial charge is 0.329 e. The van der Waals surface area contributed by atoms with E-state index in [-0.39, 0.29) is 12.1 Å². The predicted octanol–water partition coefficient (Wildman–Crippen LogP) is 3.23. The number of rotatable bonds is 6. The number of hydrogen-bond donors (Lipinski definition) is 1. The lowest BCUT2D eigenvalue weighted by molar-refractivity contribution is 0.139. The molecule has 0 radical (unpaired) electrons. The maximum atomic E-state index is 13.9. The summed E-state index contributed by atoms with van der Waals surface area (Å²) in [5.41, 5.74) is 5.89. The molecular formula is C15H21F3N2. The third-order valence-electron chi connectivity index (χ3n) is 4.19. The lowest BCUT2D eigenvalue weighted by Gasteiger charge is -2.36. The lowest BCUT2D eigenvalue weighted by atomic mass is 9.84. The SMILES string of the molecule is CCN(CC1CCC1)C(CN)c1cc(F)c(F)cc1F. The molecule has 0 saturated heterocycles. The van der Waals surface area contributed by atoms with Gasteiger partial charge in [0.05, 0.1) is 6.04 Å². The molecule has 1 aromatic rings. The van der Waals surface area contributed by atoms with E-state index in [9.17, 15) is 13.2 Å². The summed E-state index contributed by atoms with van der Waals surface area (Å²) in [5.74, 6) is -2.31. The molecule has 2 nitrogen and oxygen atoms in total. The minimum absolute atomic E-state index is 0.146. The van der Waals surface area contributed by atoms with Crippen LogP contribution in [0.4, 0.5) is 13.2 Å². The maximum absolute atomic E-state index is 13.9. The zero-order valence-electron chi connectivity index (χ0n) is 11.7. The van der Waals surface area contributed by atoms with Crippen LogP contribution in [0, 0.1) is 23.4 Å². The lowest BCUT2D eigenvalue weighted by Crippen LogP contribution is -2.39. The standard InChI is InChI=1S/C15H21F3N2/c1-2-20(9-10-4-3-5-10)15(8-19)11-6-13(17)14(18)7-12(11)16/h6-7,10,15H,2-5,8-9,19H2,1H3. The van der Waals surface area contributed by atoms with Crippen molar-refractivity contribution < 1.29 is 13.2 Å². The molecule has 20 heavy (non-hydrogen) atoms. The van der Waals surface area contributed by atoms with Crippen molar-refractivity contribution in [1.29, 1.82) is 0 Å². The van der Waals surface area contributed by atoms with Gasteiger partial charge in [-0.1, -0.05) is 13.3 Å². The summed E-state index contributed by atoms with van der Waals surface area (Å²) >= 11 is 0. The van der Waals surface area contributed by atoms with Crippen LogP contribution in [-0.2, 0) is 0 Å². The average molecular weight is 286 g/mol. The van der Waals surface area contributed by atoms with Crippen molar-refractivity contribution in [2.45, 2.75) is 32.2 Å². The van der Waals surface area contributed by atoms with Crippen LogP contribution < -0.4 is 5.73 Å². The average Bonchev–Trinajstić information content (AvgIpc) is 2.37. The molecule has 1 aromatic carbocycles. The number of likely N-dealkylation sites (N-methyl/N-ethyl adjacent to an activating group) is 1. The Bertz CT molecular complexity index is 461. The second kappa shape index (κ2) is 6.59. The minimum atomic E-state index is -1.16. The second-order valence-corrected chi connectivity index (χ2v) is 5.42. The predicted molar refractivity (Wildman–Crippen MR) is 72.7 cm³/mol. The van der Waals surface area contributed by atoms with E-state index in [1.165, 1.54) is 19.3 Å². The van der Waals surface area contributed by atoms with Gasteiger partial charge in [-0.05, 0) is 31.4 Å². The first-order chi connectivity index (χ1) is 9.56. The Balaban J connectivity index is 2.22. The topological polar surface area (TPSA) is 29.3 Å². The number of hydrogen-bond acceptors (Lipinski definition) is 2. The molecule has 1 aliphatic rings. The smallest absolute Gasteiger partial charge is 0.161 e. The molecule has 1 saturated carbocycles. The summed E-state index contributed by atoms with van der Waals surface area (Å²) in [4.78, 5) is 2.06. The van der Waals surface area contributed by atoms with Crippen LogP contribution in [0.5, 0.6) is 0 Å². The van der Waals surface area contributed by atoms with E-state index < -0.39 is 23.5 Å². The Kier molecular flexibility index (Phi) is 5.05. The normalized spacial score (nSPS) is 17.3. The third-order valence-corrected chi connectivity index (χ3v) is 4.19. The van der Waals surface area contributed by atoms with Crippen LogP contribution in [0.2, 0.25) is 0 Å². The maximum Gasteiger partial charge on any atom is 0.161 e. The summed E-state index contributed by atoms with van der Waals surface area (Å²) in [6.07, 6.45) is 3.58. The first-order valence-electron chi connectivity index (χ1n) is 7.15. The second-order valence-electron chi connectivity index (χ2n) is 5.42. The van der Waals surface area contributed by atoms with Gasteiger partial charge in [-0.3, -0.25) is 4.90 Å². The van der Waals surface area contributed by atoms with Crippen molar-refractivity contribution in [3.63, 3.8) is 0 Å². The van der Waals surface area contributed by atoms with Gasteiger partial charge >= 0.3 is 0 Å². The zero-order valence-corrected chi connectivity index (χ0v) is 11.7. The van der Waals surface area contributed by atoms with Crippen molar-refractivity contribution in [3.05, 3.63) is 35.1 Å². The quantitative estimate of drug-likeness (QED) is 0.814. The molecule has 0 spiro atoms. The van der Waals surface area contributed by atoms with Gasteiger partial charge in [-0.2, -0.15) is 0 Å². The first kappa shape index (κ1) is 15.3. The molecular weight excluding hydrogens is 265 g/mol. The molecule has 2 N–H and O–H groups in total. The van der Waals surface area contributed by atoms with Gasteiger partial charge in [0, 0.05) is 24.7 Å². The van der Waals surface area contributed by atoms with Gasteiger partial charge in [0.1, 0.15) is 5.82 Å². The monoisotopic (exact) mass is 286 g/mol. The number of halogens is 3. The number of benzene rings is 1. The van der Waals surface area contributed by atoms with Crippen LogP contribution in [0.1, 0.15) is 37.8 Å². The molecule has 5 heteroatoms. The molecule has 2 rings (SSSR count). The minimum Gasteiger partial charge on any atom is -0.329 e. The highest BCUT2D eigenvalue weighted by Crippen LogP contribution is 2.31. The number of nitrogens with two attached hydrogens (primary N) is 1. The highest BCUT2D eigenvalue weighted by Gasteiger charge is 2.27. The Morgan fingerprint density at radius 2 is 1.85 bits per heavy atom. The van der Waals surface area contributed by atoms with E-state index in [1.54, 1.807) is 0 Å². The third kappa shape index (κ3) is 3.15. The molecule has 1 fully saturated rings. The molecule has 0 aliphatic heterocycles. The molecule has 0 amide bonds. The molecule has 1 unspecified atom stereocenters. The van der Waals surface area contributed by atoms with Gasteiger partial charge in [-0.15, -0.1) is 0 Å². The summed E-state index contributed by atoms with van der Waals surface area (Å²) in [5, 5.41) is 0. The van der Waals surface area contributed by atoms with Crippen molar-refractivity contribution >= 4 is 0 Å². The molecule has 1 aliphatic carbocycles. The first-order valence-corrected chi connectivity index (χ1v) is 7.15. The van der Waals surface area contributed by atoms with Gasteiger partial charge in [-0.25, -0.2) is 13.2 Å². The van der Waals surface area contributed by atoms with Gasteiger partial charge in [0.15, 0.2) is 11.6 Å². The summed E-state index contributed by atoms with van der Waals surface area (Å²) in [6, 6.07) is 1.13. The van der Waals surface area contributed by atoms with Gasteiger partial charge in [0.25, 0.3) is 0 Å². The Hall–Kier alpha value is -1.07. The van der Waals surface area contributed by atoms with E-state index in [4.69, 9.17) is 5.73 Å². The van der Waals surface area contributed by atoms with Gasteiger partial charge in [0.2, 0.25) is 0 Å². The van der Waals surface area contributed by atoms with Crippen LogP contribution in [0.25, 0.3) is 0 Å². The Labute approximate surface area is 117 Å². The molecule has 1 atom stereocenters. The molecule has 0 aromatic heterocycles. The summed E-state index contributed by atoms with van der Waals surface area (Å²) < 4.78 is 40.3. The highest BCUT2D eigenvalue weighted by molar-refractivity contribution is 5.24. The van der Waals surface area contributed by atoms with Crippen LogP contribution in [0.15, 0.2) is 12.1 Å². The van der Waals surface area contributed by atoms with E-state index in [0.717, 1.165) is 12.6 Å². The fourth-order valence-corrected chi connectivity index (χ4v) is 2.75. The summed E-state index contributed by atoms with van der Waals surface area (Å²) in [6.45, 7) is 3.69. The molecule has 112 valence electrons. The van der Waals surface area contributed by atoms with Crippen molar-refractivity contribution in [3.8, 4) is 0 Å². The van der Waals surface area contributed by atoms with Crippen LogP contribution in [-0.4, -0.2) is 24.5 Å². The molecule has 0 heterocycles. The number of nitrogens with zero attached hydrogens (tertiary/aromatic N) is 1. The molecule has 0 bridgehead atoms. The van der Waals surface area contributed by atoms with E-state index in [1.807, 2.05) is 6.92 Å². The van der Waals surface area contributed by atoms with E-state index in [0.29, 0.717) is 18.5 Å². The fraction of sp³-hybridized carbons (Fsp3) is 0.600. The van der Waals surface area contributed by atoms with E-state index >= 15 is 0 Å². The van der Waals surface area contributed by atoms with Crippen LogP contribution >= 0.6 is 0 Å². The Morgan fingerprint density at radius 3 is 2.35 bits per heavy atom. The van der Waals surface area contributed by atoms with E-state index in [2.05, 4.69) is 4.90 Å². The highest BCUT2D eigenvalue weighted by atomic mass is 19.2. The zero-order chi connectivity index (χ0) is 14.7.